The fourth-order valence-corrected chi connectivity index (χ4v) is 2.98. The van der Waals surface area contributed by atoms with Crippen LogP contribution in [-0.2, 0) is 0 Å². The van der Waals surface area contributed by atoms with Gasteiger partial charge in [-0.15, -0.1) is 0 Å². The number of para-hydroxylation sites is 1. The molecule has 7 heteroatoms. The molecule has 140 valence electrons. The van der Waals surface area contributed by atoms with Crippen LogP contribution in [-0.4, -0.2) is 25.8 Å². The topological polar surface area (TPSA) is 73.1 Å². The number of benzene rings is 2. The fourth-order valence-electron chi connectivity index (χ4n) is 2.71. The third kappa shape index (κ3) is 3.90. The van der Waals surface area contributed by atoms with Crippen molar-refractivity contribution in [2.45, 2.75) is 13.8 Å². The highest BCUT2D eigenvalue weighted by Gasteiger charge is 2.17. The molecule has 0 aliphatic heterocycles. The first-order chi connectivity index (χ1) is 13.0. The molecule has 0 saturated carbocycles. The van der Waals surface area contributed by atoms with Crippen LogP contribution in [0.15, 0.2) is 45.9 Å². The van der Waals surface area contributed by atoms with Crippen molar-refractivity contribution in [3.63, 3.8) is 0 Å². The monoisotopic (exact) mass is 386 g/mol. The lowest BCUT2D eigenvalue weighted by atomic mass is 10.1. The molecule has 0 atom stereocenters. The molecule has 0 saturated heterocycles. The maximum Gasteiger partial charge on any atom is 0.307 e. The van der Waals surface area contributed by atoms with Crippen molar-refractivity contribution in [1.29, 1.82) is 0 Å². The van der Waals surface area contributed by atoms with Crippen molar-refractivity contribution in [1.82, 2.24) is 5.43 Å². The smallest absolute Gasteiger partial charge is 0.307 e. The summed E-state index contributed by atoms with van der Waals surface area (Å²) < 4.78 is 16.4. The lowest BCUT2D eigenvalue weighted by Gasteiger charge is -2.11. The van der Waals surface area contributed by atoms with Crippen LogP contribution in [0, 0.1) is 6.92 Å². The Kier molecular flexibility index (Phi) is 5.66. The number of hydrogen-bond donors (Lipinski definition) is 1. The number of fused-ring (bicyclic) bond motifs is 1. The van der Waals surface area contributed by atoms with E-state index in [4.69, 9.17) is 25.5 Å². The van der Waals surface area contributed by atoms with Gasteiger partial charge in [-0.25, -0.2) is 5.43 Å². The second kappa shape index (κ2) is 8.14. The predicted molar refractivity (Wildman–Crippen MR) is 105 cm³/mol. The Morgan fingerprint density at radius 3 is 2.81 bits per heavy atom. The summed E-state index contributed by atoms with van der Waals surface area (Å²) in [6, 6.07) is 10.9. The van der Waals surface area contributed by atoms with E-state index in [9.17, 15) is 4.79 Å². The number of methoxy groups -OCH3 is 1. The van der Waals surface area contributed by atoms with E-state index in [2.05, 4.69) is 10.5 Å². The first kappa shape index (κ1) is 18.8. The molecule has 3 aromatic rings. The summed E-state index contributed by atoms with van der Waals surface area (Å²) in [5.74, 6) is 0.769. The average Bonchev–Trinajstić information content (AvgIpc) is 3.01. The highest BCUT2D eigenvalue weighted by atomic mass is 35.5. The molecule has 0 aliphatic carbocycles. The minimum atomic E-state index is -0.427. The Morgan fingerprint density at radius 1 is 1.33 bits per heavy atom. The molecule has 0 radical (unpaired) electrons. The number of aryl methyl sites for hydroxylation is 1. The minimum absolute atomic E-state index is 0.232. The molecule has 3 rings (SSSR count). The summed E-state index contributed by atoms with van der Waals surface area (Å²) in [7, 11) is 1.53. The van der Waals surface area contributed by atoms with Crippen LogP contribution in [0.25, 0.3) is 11.0 Å². The van der Waals surface area contributed by atoms with Gasteiger partial charge >= 0.3 is 5.91 Å². The summed E-state index contributed by atoms with van der Waals surface area (Å²) in [5.41, 5.74) is 4.55. The highest BCUT2D eigenvalue weighted by Crippen LogP contribution is 2.36. The number of carbonyl (C=O) groups excluding carboxylic acids is 1. The van der Waals surface area contributed by atoms with Gasteiger partial charge in [0.15, 0.2) is 17.3 Å². The highest BCUT2D eigenvalue weighted by molar-refractivity contribution is 6.32. The number of furan rings is 1. The van der Waals surface area contributed by atoms with Crippen molar-refractivity contribution in [2.24, 2.45) is 5.10 Å². The Hall–Kier alpha value is -2.99. The fraction of sp³-hybridized carbons (Fsp3) is 0.200. The summed E-state index contributed by atoms with van der Waals surface area (Å²) in [4.78, 5) is 12.4. The molecular formula is C20H19ClN2O4. The van der Waals surface area contributed by atoms with Crippen molar-refractivity contribution in [2.75, 3.05) is 13.7 Å². The maximum absolute atomic E-state index is 12.4. The van der Waals surface area contributed by atoms with E-state index in [0.29, 0.717) is 34.3 Å². The van der Waals surface area contributed by atoms with Gasteiger partial charge in [-0.3, -0.25) is 4.79 Å². The summed E-state index contributed by atoms with van der Waals surface area (Å²) in [6.45, 7) is 4.17. The lowest BCUT2D eigenvalue weighted by molar-refractivity contribution is 0.0929. The number of halogens is 1. The minimum Gasteiger partial charge on any atom is -0.493 e. The maximum atomic E-state index is 12.4. The summed E-state index contributed by atoms with van der Waals surface area (Å²) in [5, 5.41) is 5.28. The van der Waals surface area contributed by atoms with E-state index in [1.807, 2.05) is 38.1 Å². The van der Waals surface area contributed by atoms with E-state index in [-0.39, 0.29) is 5.76 Å². The van der Waals surface area contributed by atoms with Gasteiger partial charge in [0.1, 0.15) is 5.58 Å². The number of rotatable bonds is 6. The number of ether oxygens (including phenoxy) is 2. The number of nitrogens with one attached hydrogen (secondary N) is 1. The van der Waals surface area contributed by atoms with E-state index in [0.717, 1.165) is 10.9 Å². The van der Waals surface area contributed by atoms with Gasteiger partial charge < -0.3 is 13.9 Å². The Labute approximate surface area is 161 Å². The van der Waals surface area contributed by atoms with Gasteiger partial charge in [0.05, 0.1) is 25.0 Å². The van der Waals surface area contributed by atoms with Gasteiger partial charge in [0, 0.05) is 10.9 Å². The third-order valence-corrected chi connectivity index (χ3v) is 4.25. The summed E-state index contributed by atoms with van der Waals surface area (Å²) in [6.07, 6.45) is 1.47. The van der Waals surface area contributed by atoms with Gasteiger partial charge in [-0.2, -0.15) is 5.10 Å². The van der Waals surface area contributed by atoms with Gasteiger partial charge in [0.2, 0.25) is 0 Å². The van der Waals surface area contributed by atoms with Crippen LogP contribution >= 0.6 is 11.6 Å². The largest absolute Gasteiger partial charge is 0.493 e. The van der Waals surface area contributed by atoms with Crippen molar-refractivity contribution in [3.05, 3.63) is 58.3 Å². The van der Waals surface area contributed by atoms with Crippen molar-refractivity contribution >= 4 is 34.7 Å². The number of hydrazone groups is 1. The molecule has 1 N–H and O–H groups in total. The molecule has 1 amide bonds. The molecule has 2 aromatic carbocycles. The molecule has 0 aliphatic rings. The van der Waals surface area contributed by atoms with E-state index in [1.165, 1.54) is 13.3 Å². The van der Waals surface area contributed by atoms with Crippen LogP contribution in [0.2, 0.25) is 5.02 Å². The SMILES string of the molecule is CCOc1c(Cl)cc(/C=N\NC(=O)c2oc3ccccc3c2C)cc1OC. The number of hydrogen-bond acceptors (Lipinski definition) is 5. The molecule has 1 aromatic heterocycles. The number of nitrogens with zero attached hydrogens (tertiary/aromatic N) is 1. The van der Waals surface area contributed by atoms with Crippen molar-refractivity contribution in [3.8, 4) is 11.5 Å². The number of carbonyl (C=O) groups is 1. The molecule has 27 heavy (non-hydrogen) atoms. The summed E-state index contributed by atoms with van der Waals surface area (Å²) >= 11 is 6.23. The van der Waals surface area contributed by atoms with Crippen LogP contribution < -0.4 is 14.9 Å². The Bertz CT molecular complexity index is 1010. The molecule has 0 bridgehead atoms. The van der Waals surface area contributed by atoms with Gasteiger partial charge in [0.25, 0.3) is 0 Å². The van der Waals surface area contributed by atoms with Gasteiger partial charge in [-0.05, 0) is 37.6 Å². The van der Waals surface area contributed by atoms with Crippen LogP contribution in [0.4, 0.5) is 0 Å². The zero-order chi connectivity index (χ0) is 19.4. The molecule has 1 heterocycles. The first-order valence-corrected chi connectivity index (χ1v) is 8.74. The average molecular weight is 387 g/mol. The Morgan fingerprint density at radius 2 is 2.11 bits per heavy atom. The second-order valence-electron chi connectivity index (χ2n) is 5.72. The molecular weight excluding hydrogens is 368 g/mol. The standard InChI is InChI=1S/C20H19ClN2O4/c1-4-26-19-15(21)9-13(10-17(19)25-3)11-22-23-20(24)18-12(2)14-7-5-6-8-16(14)27-18/h5-11H,4H2,1-3H3,(H,23,24)/b22-11-. The third-order valence-electron chi connectivity index (χ3n) is 3.97. The van der Waals surface area contributed by atoms with Gasteiger partial charge in [-0.1, -0.05) is 29.8 Å². The second-order valence-corrected chi connectivity index (χ2v) is 6.13. The predicted octanol–water partition coefficient (Wildman–Crippen LogP) is 4.57. The van der Waals surface area contributed by atoms with E-state index in [1.54, 1.807) is 12.1 Å². The van der Waals surface area contributed by atoms with E-state index >= 15 is 0 Å². The lowest BCUT2D eigenvalue weighted by Crippen LogP contribution is -2.17. The Balaban J connectivity index is 1.77. The first-order valence-electron chi connectivity index (χ1n) is 8.37. The van der Waals surface area contributed by atoms with Crippen LogP contribution in [0.3, 0.4) is 0 Å². The zero-order valence-electron chi connectivity index (χ0n) is 15.2. The van der Waals surface area contributed by atoms with Crippen molar-refractivity contribution < 1.29 is 18.7 Å². The number of amides is 1. The molecule has 0 fully saturated rings. The van der Waals surface area contributed by atoms with Crippen LogP contribution in [0.5, 0.6) is 11.5 Å². The molecule has 0 unspecified atom stereocenters. The molecule has 0 spiro atoms. The normalized spacial score (nSPS) is 11.1. The van der Waals surface area contributed by atoms with E-state index < -0.39 is 5.91 Å². The zero-order valence-corrected chi connectivity index (χ0v) is 16.0. The molecule has 6 nitrogen and oxygen atoms in total. The van der Waals surface area contributed by atoms with Crippen LogP contribution in [0.1, 0.15) is 28.6 Å². The quantitative estimate of drug-likeness (QED) is 0.497.